The first-order valence-corrected chi connectivity index (χ1v) is 5.01. The number of hydrogen-bond donors (Lipinski definition) is 0. The Morgan fingerprint density at radius 2 is 2.47 bits per heavy atom. The van der Waals surface area contributed by atoms with E-state index < -0.39 is 5.97 Å². The zero-order chi connectivity index (χ0) is 10.8. The van der Waals surface area contributed by atoms with Gasteiger partial charge in [0.1, 0.15) is 12.7 Å². The number of rotatable bonds is 2. The molecule has 0 unspecified atom stereocenters. The fourth-order valence-electron chi connectivity index (χ4n) is 0.915. The van der Waals surface area contributed by atoms with Gasteiger partial charge in [-0.2, -0.15) is 9.78 Å². The highest BCUT2D eigenvalue weighted by Crippen LogP contribution is 2.25. The average Bonchev–Trinajstić information content (AvgIpc) is 2.84. The molecule has 0 fully saturated rings. The van der Waals surface area contributed by atoms with E-state index in [2.05, 4.69) is 19.8 Å². The van der Waals surface area contributed by atoms with Crippen LogP contribution in [0, 0.1) is 0 Å². The molecule has 78 valence electrons. The van der Waals surface area contributed by atoms with E-state index in [0.717, 1.165) is 11.3 Å². The van der Waals surface area contributed by atoms with Crippen molar-refractivity contribution in [2.45, 2.75) is 0 Å². The van der Waals surface area contributed by atoms with Gasteiger partial charge >= 0.3 is 5.97 Å². The Morgan fingerprint density at radius 3 is 3.07 bits per heavy atom. The number of halogens is 1. The van der Waals surface area contributed by atoms with E-state index in [1.807, 2.05) is 0 Å². The van der Waals surface area contributed by atoms with Crippen LogP contribution in [0.1, 0.15) is 9.67 Å². The molecule has 0 saturated carbocycles. The van der Waals surface area contributed by atoms with Gasteiger partial charge in [0.2, 0.25) is 5.13 Å². The minimum atomic E-state index is -0.510. The van der Waals surface area contributed by atoms with Gasteiger partial charge in [0.05, 0.1) is 7.11 Å². The summed E-state index contributed by atoms with van der Waals surface area (Å²) >= 11 is 6.87. The highest BCUT2D eigenvalue weighted by molar-refractivity contribution is 7.16. The summed E-state index contributed by atoms with van der Waals surface area (Å²) in [6, 6.07) is 0. The predicted octanol–water partition coefficient (Wildman–Crippen LogP) is 1.16. The topological polar surface area (TPSA) is 69.9 Å². The van der Waals surface area contributed by atoms with E-state index in [-0.39, 0.29) is 10.0 Å². The number of esters is 1. The highest BCUT2D eigenvalue weighted by Gasteiger charge is 2.18. The van der Waals surface area contributed by atoms with Gasteiger partial charge in [0.15, 0.2) is 10.0 Å². The molecule has 8 heteroatoms. The van der Waals surface area contributed by atoms with Gasteiger partial charge in [0, 0.05) is 0 Å². The first kappa shape index (κ1) is 10.1. The number of methoxy groups -OCH3 is 1. The van der Waals surface area contributed by atoms with Crippen LogP contribution >= 0.6 is 22.9 Å². The SMILES string of the molecule is COC(=O)c1sc(-n2cncn2)nc1Cl. The normalized spacial score (nSPS) is 10.3. The lowest BCUT2D eigenvalue weighted by Gasteiger charge is -1.92. The number of aromatic nitrogens is 4. The molecular weight excluding hydrogens is 240 g/mol. The Morgan fingerprint density at radius 1 is 1.67 bits per heavy atom. The third-order valence-electron chi connectivity index (χ3n) is 1.56. The van der Waals surface area contributed by atoms with Crippen LogP contribution in [0.4, 0.5) is 0 Å². The minimum Gasteiger partial charge on any atom is -0.465 e. The van der Waals surface area contributed by atoms with Gasteiger partial charge in [-0.1, -0.05) is 22.9 Å². The molecule has 2 aromatic heterocycles. The van der Waals surface area contributed by atoms with Crippen LogP contribution in [-0.2, 0) is 4.74 Å². The predicted molar refractivity (Wildman–Crippen MR) is 53.4 cm³/mol. The molecule has 0 aliphatic rings. The molecule has 2 aromatic rings. The molecule has 0 radical (unpaired) electrons. The Balaban J connectivity index is 2.41. The van der Waals surface area contributed by atoms with E-state index in [4.69, 9.17) is 11.6 Å². The summed E-state index contributed by atoms with van der Waals surface area (Å²) in [4.78, 5) is 19.2. The third kappa shape index (κ3) is 1.83. The molecule has 2 heterocycles. The molecule has 0 aromatic carbocycles. The maximum Gasteiger partial charge on any atom is 0.351 e. The molecule has 0 aliphatic carbocycles. The molecule has 0 spiro atoms. The lowest BCUT2D eigenvalue weighted by atomic mass is 10.6. The smallest absolute Gasteiger partial charge is 0.351 e. The van der Waals surface area contributed by atoms with E-state index in [0.29, 0.717) is 5.13 Å². The third-order valence-corrected chi connectivity index (χ3v) is 2.97. The largest absolute Gasteiger partial charge is 0.465 e. The lowest BCUT2D eigenvalue weighted by Crippen LogP contribution is -1.98. The summed E-state index contributed by atoms with van der Waals surface area (Å²) in [5.41, 5.74) is 0. The van der Waals surface area contributed by atoms with Crippen LogP contribution in [-0.4, -0.2) is 32.8 Å². The molecule has 0 saturated heterocycles. The van der Waals surface area contributed by atoms with E-state index in [9.17, 15) is 4.79 Å². The molecule has 0 bridgehead atoms. The molecule has 0 aliphatic heterocycles. The van der Waals surface area contributed by atoms with Crippen molar-refractivity contribution in [2.24, 2.45) is 0 Å². The second-order valence-electron chi connectivity index (χ2n) is 2.45. The van der Waals surface area contributed by atoms with Crippen molar-refractivity contribution in [2.75, 3.05) is 7.11 Å². The van der Waals surface area contributed by atoms with Crippen LogP contribution in [0.25, 0.3) is 5.13 Å². The van der Waals surface area contributed by atoms with Gasteiger partial charge in [-0.15, -0.1) is 0 Å². The maximum absolute atomic E-state index is 11.2. The second kappa shape index (κ2) is 3.95. The van der Waals surface area contributed by atoms with Crippen LogP contribution in [0.5, 0.6) is 0 Å². The highest BCUT2D eigenvalue weighted by atomic mass is 35.5. The van der Waals surface area contributed by atoms with Crippen LogP contribution in [0.3, 0.4) is 0 Å². The number of ether oxygens (including phenoxy) is 1. The summed E-state index contributed by atoms with van der Waals surface area (Å²) in [6.07, 6.45) is 2.84. The van der Waals surface area contributed by atoms with Crippen LogP contribution < -0.4 is 0 Å². The van der Waals surface area contributed by atoms with Crippen molar-refractivity contribution >= 4 is 28.9 Å². The van der Waals surface area contributed by atoms with Crippen LogP contribution in [0.15, 0.2) is 12.7 Å². The fraction of sp³-hybridized carbons (Fsp3) is 0.143. The summed E-state index contributed by atoms with van der Waals surface area (Å²) in [5.74, 6) is -0.510. The first-order chi connectivity index (χ1) is 7.22. The number of nitrogens with zero attached hydrogens (tertiary/aromatic N) is 4. The van der Waals surface area contributed by atoms with Gasteiger partial charge in [-0.05, 0) is 0 Å². The fourth-order valence-corrected chi connectivity index (χ4v) is 2.04. The average molecular weight is 245 g/mol. The summed E-state index contributed by atoms with van der Waals surface area (Å²) < 4.78 is 5.97. The minimum absolute atomic E-state index is 0.109. The number of thiazole rings is 1. The summed E-state index contributed by atoms with van der Waals surface area (Å²) in [7, 11) is 1.29. The Bertz CT molecular complexity index is 481. The second-order valence-corrected chi connectivity index (χ2v) is 3.78. The Kier molecular flexibility index (Phi) is 2.65. The zero-order valence-electron chi connectivity index (χ0n) is 7.55. The van der Waals surface area contributed by atoms with Crippen molar-refractivity contribution in [1.82, 2.24) is 19.7 Å². The number of hydrogen-bond acceptors (Lipinski definition) is 6. The quantitative estimate of drug-likeness (QED) is 0.742. The Labute approximate surface area is 93.5 Å². The first-order valence-electron chi connectivity index (χ1n) is 3.82. The maximum atomic E-state index is 11.2. The van der Waals surface area contributed by atoms with Crippen molar-refractivity contribution in [3.05, 3.63) is 22.7 Å². The molecular formula is C7H5ClN4O2S. The van der Waals surface area contributed by atoms with E-state index in [1.54, 1.807) is 0 Å². The van der Waals surface area contributed by atoms with E-state index >= 15 is 0 Å². The molecule has 2 rings (SSSR count). The van der Waals surface area contributed by atoms with Gasteiger partial charge < -0.3 is 4.74 Å². The summed E-state index contributed by atoms with van der Waals surface area (Å²) in [5, 5.41) is 4.45. The van der Waals surface area contributed by atoms with Gasteiger partial charge in [-0.25, -0.2) is 14.8 Å². The molecule has 0 N–H and O–H groups in total. The van der Waals surface area contributed by atoms with Crippen molar-refractivity contribution < 1.29 is 9.53 Å². The van der Waals surface area contributed by atoms with Crippen molar-refractivity contribution in [3.63, 3.8) is 0 Å². The van der Waals surface area contributed by atoms with Crippen molar-refractivity contribution in [3.8, 4) is 5.13 Å². The van der Waals surface area contributed by atoms with E-state index in [1.165, 1.54) is 24.4 Å². The van der Waals surface area contributed by atoms with Crippen molar-refractivity contribution in [1.29, 1.82) is 0 Å². The molecule has 0 atom stereocenters. The summed E-state index contributed by atoms with van der Waals surface area (Å²) in [6.45, 7) is 0. The Hall–Kier alpha value is -1.47. The zero-order valence-corrected chi connectivity index (χ0v) is 9.12. The molecule has 0 amide bonds. The van der Waals surface area contributed by atoms with Gasteiger partial charge in [-0.3, -0.25) is 0 Å². The monoisotopic (exact) mass is 244 g/mol. The molecule has 15 heavy (non-hydrogen) atoms. The lowest BCUT2D eigenvalue weighted by molar-refractivity contribution is 0.0606. The molecule has 6 nitrogen and oxygen atoms in total. The van der Waals surface area contributed by atoms with Crippen LogP contribution in [0.2, 0.25) is 5.15 Å². The number of carbonyl (C=O) groups excluding carboxylic acids is 1. The number of carbonyl (C=O) groups is 1. The standard InChI is InChI=1S/C7H5ClN4O2S/c1-14-6(13)4-5(8)11-7(15-4)12-3-9-2-10-12/h2-3H,1H3. The van der Waals surface area contributed by atoms with Gasteiger partial charge in [0.25, 0.3) is 0 Å².